The van der Waals surface area contributed by atoms with Gasteiger partial charge in [-0.25, -0.2) is 4.98 Å². The smallest absolute Gasteiger partial charge is 0.226 e. The molecule has 0 atom stereocenters. The molecule has 4 bridgehead atoms. The molecule has 6 rings (SSSR count). The number of nitrogens with zero attached hydrogens (tertiary/aromatic N) is 4. The van der Waals surface area contributed by atoms with Gasteiger partial charge in [0, 0.05) is 43.1 Å². The minimum Gasteiger partial charge on any atom is -0.351 e. The molecular weight excluding hydrogens is 346 g/mol. The van der Waals surface area contributed by atoms with Crippen molar-refractivity contribution >= 4 is 11.5 Å². The van der Waals surface area contributed by atoms with E-state index in [2.05, 4.69) is 48.4 Å². The molecule has 1 spiro atoms. The van der Waals surface area contributed by atoms with Crippen LogP contribution in [0.3, 0.4) is 0 Å². The zero-order valence-electron chi connectivity index (χ0n) is 17.1. The second-order valence-electron chi connectivity index (χ2n) is 9.42. The van der Waals surface area contributed by atoms with Gasteiger partial charge in [0.1, 0.15) is 5.82 Å². The molecule has 3 aliphatic heterocycles. The van der Waals surface area contributed by atoms with E-state index < -0.39 is 0 Å². The van der Waals surface area contributed by atoms with E-state index in [-0.39, 0.29) is 5.41 Å². The van der Waals surface area contributed by atoms with E-state index in [0.717, 1.165) is 62.3 Å². The molecule has 1 aromatic rings. The van der Waals surface area contributed by atoms with E-state index in [9.17, 15) is 0 Å². The number of likely N-dealkylation sites (tertiary alicyclic amines) is 1. The fourth-order valence-electron chi connectivity index (χ4n) is 4.60. The molecule has 1 saturated carbocycles. The van der Waals surface area contributed by atoms with Crippen molar-refractivity contribution in [2.24, 2.45) is 5.92 Å². The second kappa shape index (κ2) is 7.11. The highest BCUT2D eigenvalue weighted by atomic mass is 15.2. The van der Waals surface area contributed by atoms with Gasteiger partial charge in [0.2, 0.25) is 5.95 Å². The molecule has 5 nitrogen and oxygen atoms in total. The van der Waals surface area contributed by atoms with Crippen molar-refractivity contribution in [3.63, 3.8) is 0 Å². The topological polar surface area (TPSA) is 53.9 Å². The van der Waals surface area contributed by atoms with E-state index in [0.29, 0.717) is 6.04 Å². The van der Waals surface area contributed by atoms with Gasteiger partial charge in [-0.15, -0.1) is 0 Å². The van der Waals surface area contributed by atoms with E-state index in [1.807, 2.05) is 0 Å². The maximum Gasteiger partial charge on any atom is 0.226 e. The van der Waals surface area contributed by atoms with Gasteiger partial charge in [-0.3, -0.25) is 0 Å². The molecule has 148 valence electrons. The Morgan fingerprint density at radius 2 is 1.96 bits per heavy atom. The first-order valence-corrected chi connectivity index (χ1v) is 10.9. The molecule has 2 fully saturated rings. The number of allylic oxidation sites excluding steroid dienone is 6. The average molecular weight is 378 g/mol. The summed E-state index contributed by atoms with van der Waals surface area (Å²) in [6.07, 6.45) is 15.6. The molecule has 1 aromatic heterocycles. The summed E-state index contributed by atoms with van der Waals surface area (Å²) in [6, 6.07) is 0.461. The summed E-state index contributed by atoms with van der Waals surface area (Å²) in [5.41, 5.74) is 2.75. The van der Waals surface area contributed by atoms with Gasteiger partial charge >= 0.3 is 0 Å². The Kier molecular flexibility index (Phi) is 4.58. The first-order chi connectivity index (χ1) is 13.6. The number of anilines is 1. The van der Waals surface area contributed by atoms with Crippen LogP contribution in [0.25, 0.3) is 5.57 Å². The number of fused-ring (bicyclic) bond motifs is 2. The normalized spacial score (nSPS) is 26.7. The molecule has 0 unspecified atom stereocenters. The third kappa shape index (κ3) is 3.64. The van der Waals surface area contributed by atoms with Crippen molar-refractivity contribution in [1.82, 2.24) is 19.9 Å². The van der Waals surface area contributed by atoms with E-state index in [4.69, 9.17) is 15.0 Å². The number of hydrogen-bond donors (Lipinski definition) is 1. The Labute approximate surface area is 168 Å². The molecule has 0 aromatic carbocycles. The lowest BCUT2D eigenvalue weighted by Crippen LogP contribution is -2.41. The number of aromatic nitrogens is 3. The Morgan fingerprint density at radius 3 is 2.68 bits per heavy atom. The zero-order valence-corrected chi connectivity index (χ0v) is 17.1. The minimum atomic E-state index is 0.138. The predicted molar refractivity (Wildman–Crippen MR) is 113 cm³/mol. The monoisotopic (exact) mass is 377 g/mol. The fraction of sp³-hybridized carbons (Fsp3) is 0.609. The van der Waals surface area contributed by atoms with Crippen LogP contribution < -0.4 is 5.32 Å². The van der Waals surface area contributed by atoms with Crippen molar-refractivity contribution in [1.29, 1.82) is 0 Å². The predicted octanol–water partition coefficient (Wildman–Crippen LogP) is 4.11. The quantitative estimate of drug-likeness (QED) is 0.856. The lowest BCUT2D eigenvalue weighted by molar-refractivity contribution is 0.197. The highest BCUT2D eigenvalue weighted by Crippen LogP contribution is 2.50. The van der Waals surface area contributed by atoms with Gasteiger partial charge in [0.15, 0.2) is 5.82 Å². The Balaban J connectivity index is 1.36. The van der Waals surface area contributed by atoms with Gasteiger partial charge in [0.05, 0.1) is 0 Å². The van der Waals surface area contributed by atoms with Crippen molar-refractivity contribution in [3.05, 3.63) is 41.5 Å². The van der Waals surface area contributed by atoms with E-state index >= 15 is 0 Å². The molecule has 0 radical (unpaired) electrons. The lowest BCUT2D eigenvalue weighted by atomic mass is 9.91. The molecular formula is C23H31N5. The molecule has 5 aliphatic rings. The SMILES string of the molecule is CC(C)CN1CCC(Nc2nc3nc(n2)C2(C/C=C\C=C4/C=C3C4)CC2)CC1. The van der Waals surface area contributed by atoms with Crippen LogP contribution in [0.15, 0.2) is 29.9 Å². The summed E-state index contributed by atoms with van der Waals surface area (Å²) in [4.78, 5) is 17.2. The molecule has 1 saturated heterocycles. The van der Waals surface area contributed by atoms with Gasteiger partial charge in [-0.2, -0.15) is 9.97 Å². The molecule has 28 heavy (non-hydrogen) atoms. The maximum absolute atomic E-state index is 4.91. The molecule has 0 amide bonds. The second-order valence-corrected chi connectivity index (χ2v) is 9.42. The molecule has 5 heteroatoms. The number of hydrogen-bond acceptors (Lipinski definition) is 5. The highest BCUT2D eigenvalue weighted by molar-refractivity contribution is 5.74. The summed E-state index contributed by atoms with van der Waals surface area (Å²) < 4.78 is 0. The molecule has 4 heterocycles. The van der Waals surface area contributed by atoms with Gasteiger partial charge in [-0.1, -0.05) is 38.2 Å². The highest BCUT2D eigenvalue weighted by Gasteiger charge is 2.46. The Bertz CT molecular complexity index is 839. The summed E-state index contributed by atoms with van der Waals surface area (Å²) in [5.74, 6) is 3.41. The van der Waals surface area contributed by atoms with Crippen LogP contribution >= 0.6 is 0 Å². The minimum absolute atomic E-state index is 0.138. The van der Waals surface area contributed by atoms with Crippen molar-refractivity contribution in [3.8, 4) is 0 Å². The van der Waals surface area contributed by atoms with Gasteiger partial charge in [-0.05, 0) is 43.6 Å². The maximum atomic E-state index is 4.91. The summed E-state index contributed by atoms with van der Waals surface area (Å²) in [7, 11) is 0. The van der Waals surface area contributed by atoms with Crippen LogP contribution in [-0.4, -0.2) is 45.5 Å². The summed E-state index contributed by atoms with van der Waals surface area (Å²) in [6.45, 7) is 8.12. The standard InChI is InChI=1S/C23H31N5/c1-16(2)15-28-11-6-19(7-12-28)24-22-26-20-18-13-17(14-18)5-3-4-8-23(9-10-23)21(25-20)27-22/h3-5,13,16,19H,6-12,14-15H2,1-2H3,(H,24,25,26,27)/b4-3-,17-5+. The average Bonchev–Trinajstić information content (AvgIpc) is 3.42. The van der Waals surface area contributed by atoms with Crippen LogP contribution in [0.1, 0.15) is 64.0 Å². The van der Waals surface area contributed by atoms with Crippen LogP contribution in [0.4, 0.5) is 5.95 Å². The first-order valence-electron chi connectivity index (χ1n) is 10.9. The summed E-state index contributed by atoms with van der Waals surface area (Å²) in [5, 5.41) is 3.66. The lowest BCUT2D eigenvalue weighted by Gasteiger charge is -2.33. The summed E-state index contributed by atoms with van der Waals surface area (Å²) >= 11 is 0. The van der Waals surface area contributed by atoms with Crippen LogP contribution in [0, 0.1) is 5.92 Å². The number of rotatable bonds is 4. The van der Waals surface area contributed by atoms with E-state index in [1.165, 1.54) is 30.5 Å². The van der Waals surface area contributed by atoms with E-state index in [1.54, 1.807) is 0 Å². The van der Waals surface area contributed by atoms with Crippen LogP contribution in [0.5, 0.6) is 0 Å². The fourth-order valence-corrected chi connectivity index (χ4v) is 4.60. The first kappa shape index (κ1) is 18.0. The van der Waals surface area contributed by atoms with Gasteiger partial charge in [0.25, 0.3) is 0 Å². The Hall–Kier alpha value is -2.01. The number of nitrogens with one attached hydrogen (secondary N) is 1. The zero-order chi connectivity index (χ0) is 19.1. The van der Waals surface area contributed by atoms with Crippen molar-refractivity contribution in [2.45, 2.75) is 63.8 Å². The van der Waals surface area contributed by atoms with Gasteiger partial charge < -0.3 is 10.2 Å². The Morgan fingerprint density at radius 1 is 1.18 bits per heavy atom. The van der Waals surface area contributed by atoms with Crippen molar-refractivity contribution in [2.75, 3.05) is 25.0 Å². The largest absolute Gasteiger partial charge is 0.351 e. The van der Waals surface area contributed by atoms with Crippen molar-refractivity contribution < 1.29 is 0 Å². The van der Waals surface area contributed by atoms with Crippen LogP contribution in [-0.2, 0) is 5.41 Å². The molecule has 1 N–H and O–H groups in total. The van der Waals surface area contributed by atoms with Crippen LogP contribution in [0.2, 0.25) is 0 Å². The number of piperidine rings is 1. The third-order valence-electron chi connectivity index (χ3n) is 6.50. The molecule has 2 aliphatic carbocycles. The third-order valence-corrected chi connectivity index (χ3v) is 6.50.